The average molecular weight is 248 g/mol. The molecule has 0 aromatic heterocycles. The number of carbonyl (C=O) groups is 1. The molecule has 1 aromatic carbocycles. The summed E-state index contributed by atoms with van der Waals surface area (Å²) >= 11 is 0. The van der Waals surface area contributed by atoms with Gasteiger partial charge >= 0.3 is 5.97 Å². The number of aromatic carboxylic acids is 1. The van der Waals surface area contributed by atoms with Gasteiger partial charge in [-0.25, -0.2) is 4.79 Å². The molecule has 1 aliphatic heterocycles. The van der Waals surface area contributed by atoms with Crippen molar-refractivity contribution >= 4 is 11.7 Å². The summed E-state index contributed by atoms with van der Waals surface area (Å²) in [6.45, 7) is 3.25. The summed E-state index contributed by atoms with van der Waals surface area (Å²) in [6.07, 6.45) is 2.10. The molecule has 0 aliphatic carbocycles. The Morgan fingerprint density at radius 2 is 2.17 bits per heavy atom. The Labute approximate surface area is 108 Å². The second-order valence-corrected chi connectivity index (χ2v) is 5.05. The number of carboxylic acids is 1. The van der Waals surface area contributed by atoms with Gasteiger partial charge in [0.2, 0.25) is 0 Å². The van der Waals surface area contributed by atoms with E-state index < -0.39 is 5.97 Å². The summed E-state index contributed by atoms with van der Waals surface area (Å²) in [4.78, 5) is 13.5. The van der Waals surface area contributed by atoms with E-state index in [9.17, 15) is 4.79 Å². The quantitative estimate of drug-likeness (QED) is 0.861. The van der Waals surface area contributed by atoms with Crippen molar-refractivity contribution in [2.75, 3.05) is 18.9 Å². The zero-order chi connectivity index (χ0) is 13.1. The Bertz CT molecular complexity index is 434. The lowest BCUT2D eigenvalue weighted by atomic mass is 9.98. The van der Waals surface area contributed by atoms with Crippen LogP contribution in [0.25, 0.3) is 0 Å². The molecule has 0 spiro atoms. The largest absolute Gasteiger partial charge is 0.478 e. The van der Waals surface area contributed by atoms with Crippen LogP contribution in [0.15, 0.2) is 24.3 Å². The zero-order valence-corrected chi connectivity index (χ0v) is 10.9. The van der Waals surface area contributed by atoms with E-state index in [2.05, 4.69) is 24.2 Å². The van der Waals surface area contributed by atoms with Gasteiger partial charge in [-0.3, -0.25) is 0 Å². The number of nitrogens with one attached hydrogen (secondary N) is 1. The van der Waals surface area contributed by atoms with Crippen LogP contribution in [0.3, 0.4) is 0 Å². The molecule has 1 aliphatic rings. The molecule has 1 heterocycles. The molecule has 1 aromatic rings. The number of anilines is 1. The second-order valence-electron chi connectivity index (χ2n) is 5.05. The van der Waals surface area contributed by atoms with E-state index in [4.69, 9.17) is 5.11 Å². The van der Waals surface area contributed by atoms with Crippen molar-refractivity contribution in [2.45, 2.75) is 31.8 Å². The highest BCUT2D eigenvalue weighted by Crippen LogP contribution is 2.22. The highest BCUT2D eigenvalue weighted by molar-refractivity contribution is 5.94. The fourth-order valence-corrected chi connectivity index (χ4v) is 2.44. The Balaban J connectivity index is 2.08. The minimum atomic E-state index is -0.876. The van der Waals surface area contributed by atoms with Gasteiger partial charge in [-0.05, 0) is 38.9 Å². The summed E-state index contributed by atoms with van der Waals surface area (Å²) in [7, 11) is 2.13. The predicted molar refractivity (Wildman–Crippen MR) is 72.1 cm³/mol. The number of rotatable bonds is 3. The van der Waals surface area contributed by atoms with Gasteiger partial charge in [-0.1, -0.05) is 12.1 Å². The topological polar surface area (TPSA) is 52.6 Å². The minimum absolute atomic E-state index is 0.351. The Hall–Kier alpha value is -1.55. The van der Waals surface area contributed by atoms with E-state index in [-0.39, 0.29) is 0 Å². The summed E-state index contributed by atoms with van der Waals surface area (Å²) in [5, 5.41) is 12.5. The molecule has 2 unspecified atom stereocenters. The Morgan fingerprint density at radius 1 is 1.44 bits per heavy atom. The van der Waals surface area contributed by atoms with Gasteiger partial charge in [0.25, 0.3) is 0 Å². The number of nitrogens with zero attached hydrogens (tertiary/aromatic N) is 1. The molecule has 2 atom stereocenters. The average Bonchev–Trinajstić information content (AvgIpc) is 2.34. The molecule has 1 saturated heterocycles. The molecule has 98 valence electrons. The first-order chi connectivity index (χ1) is 8.58. The summed E-state index contributed by atoms with van der Waals surface area (Å²) < 4.78 is 0. The van der Waals surface area contributed by atoms with Crippen molar-refractivity contribution in [3.05, 3.63) is 29.8 Å². The number of para-hydroxylation sites is 1. The number of piperidine rings is 1. The highest BCUT2D eigenvalue weighted by Gasteiger charge is 2.23. The number of hydrogen-bond donors (Lipinski definition) is 2. The van der Waals surface area contributed by atoms with E-state index in [1.54, 1.807) is 12.1 Å². The SMILES string of the molecule is CC1CC(Nc2ccccc2C(=O)O)CCN1C. The van der Waals surface area contributed by atoms with Crippen LogP contribution in [-0.4, -0.2) is 41.7 Å². The van der Waals surface area contributed by atoms with Crippen LogP contribution in [0.5, 0.6) is 0 Å². The van der Waals surface area contributed by atoms with Crippen LogP contribution in [0.4, 0.5) is 5.69 Å². The number of hydrogen-bond acceptors (Lipinski definition) is 3. The number of benzene rings is 1. The van der Waals surface area contributed by atoms with Gasteiger partial charge in [0.05, 0.1) is 5.56 Å². The Morgan fingerprint density at radius 3 is 2.83 bits per heavy atom. The maximum atomic E-state index is 11.1. The fraction of sp³-hybridized carbons (Fsp3) is 0.500. The van der Waals surface area contributed by atoms with Crippen molar-refractivity contribution in [3.63, 3.8) is 0 Å². The minimum Gasteiger partial charge on any atom is -0.478 e. The van der Waals surface area contributed by atoms with E-state index >= 15 is 0 Å². The molecule has 18 heavy (non-hydrogen) atoms. The lowest BCUT2D eigenvalue weighted by Gasteiger charge is -2.36. The van der Waals surface area contributed by atoms with Crippen molar-refractivity contribution < 1.29 is 9.90 Å². The van der Waals surface area contributed by atoms with Crippen LogP contribution < -0.4 is 5.32 Å². The molecule has 4 nitrogen and oxygen atoms in total. The maximum Gasteiger partial charge on any atom is 0.337 e. The first-order valence-electron chi connectivity index (χ1n) is 6.37. The van der Waals surface area contributed by atoms with E-state index in [0.29, 0.717) is 17.6 Å². The molecule has 2 rings (SSSR count). The zero-order valence-electron chi connectivity index (χ0n) is 10.9. The first kappa shape index (κ1) is 12.9. The van der Waals surface area contributed by atoms with Crippen LogP contribution in [-0.2, 0) is 0 Å². The molecule has 2 N–H and O–H groups in total. The van der Waals surface area contributed by atoms with Gasteiger partial charge in [-0.2, -0.15) is 0 Å². The standard InChI is InChI=1S/C14H20N2O2/c1-10-9-11(7-8-16(10)2)15-13-6-4-3-5-12(13)14(17)18/h3-6,10-11,15H,7-9H2,1-2H3,(H,17,18). The molecule has 0 radical (unpaired) electrons. The molecular weight excluding hydrogens is 228 g/mol. The Kier molecular flexibility index (Phi) is 3.87. The third-order valence-electron chi connectivity index (χ3n) is 3.73. The lowest BCUT2D eigenvalue weighted by molar-refractivity contribution is 0.0698. The van der Waals surface area contributed by atoms with Crippen LogP contribution in [0.2, 0.25) is 0 Å². The van der Waals surface area contributed by atoms with Crippen LogP contribution in [0.1, 0.15) is 30.1 Å². The first-order valence-corrected chi connectivity index (χ1v) is 6.37. The van der Waals surface area contributed by atoms with E-state index in [1.807, 2.05) is 12.1 Å². The maximum absolute atomic E-state index is 11.1. The van der Waals surface area contributed by atoms with Gasteiger partial charge in [0.15, 0.2) is 0 Å². The molecule has 0 bridgehead atoms. The van der Waals surface area contributed by atoms with E-state index in [0.717, 1.165) is 25.1 Å². The smallest absolute Gasteiger partial charge is 0.337 e. The third-order valence-corrected chi connectivity index (χ3v) is 3.73. The number of carboxylic acid groups (broad SMARTS) is 1. The van der Waals surface area contributed by atoms with Crippen molar-refractivity contribution in [1.82, 2.24) is 4.90 Å². The predicted octanol–water partition coefficient (Wildman–Crippen LogP) is 2.28. The summed E-state index contributed by atoms with van der Waals surface area (Å²) in [5.74, 6) is -0.876. The summed E-state index contributed by atoms with van der Waals surface area (Å²) in [5.41, 5.74) is 1.08. The van der Waals surface area contributed by atoms with Gasteiger partial charge in [0, 0.05) is 24.3 Å². The molecular formula is C14H20N2O2. The van der Waals surface area contributed by atoms with Gasteiger partial charge in [-0.15, -0.1) is 0 Å². The molecule has 0 amide bonds. The van der Waals surface area contributed by atoms with E-state index in [1.165, 1.54) is 0 Å². The van der Waals surface area contributed by atoms with Crippen LogP contribution in [0, 0.1) is 0 Å². The molecule has 1 fully saturated rings. The van der Waals surface area contributed by atoms with Gasteiger partial charge in [0.1, 0.15) is 0 Å². The second kappa shape index (κ2) is 5.40. The van der Waals surface area contributed by atoms with Crippen LogP contribution >= 0.6 is 0 Å². The van der Waals surface area contributed by atoms with Gasteiger partial charge < -0.3 is 15.3 Å². The summed E-state index contributed by atoms with van der Waals surface area (Å²) in [6, 6.07) is 8.00. The monoisotopic (exact) mass is 248 g/mol. The number of likely N-dealkylation sites (tertiary alicyclic amines) is 1. The van der Waals surface area contributed by atoms with Crippen molar-refractivity contribution in [1.29, 1.82) is 0 Å². The van der Waals surface area contributed by atoms with Crippen molar-refractivity contribution in [2.24, 2.45) is 0 Å². The third kappa shape index (κ3) is 2.82. The normalized spacial score (nSPS) is 24.8. The molecule has 4 heteroatoms. The fourth-order valence-electron chi connectivity index (χ4n) is 2.44. The molecule has 0 saturated carbocycles. The highest BCUT2D eigenvalue weighted by atomic mass is 16.4. The van der Waals surface area contributed by atoms with Crippen molar-refractivity contribution in [3.8, 4) is 0 Å². The lowest BCUT2D eigenvalue weighted by Crippen LogP contribution is -2.42.